The first-order chi connectivity index (χ1) is 7.83. The molecule has 0 radical (unpaired) electrons. The Morgan fingerprint density at radius 1 is 1.12 bits per heavy atom. The Morgan fingerprint density at radius 2 is 2.00 bits per heavy atom. The smallest absolute Gasteiger partial charge is 0.0501 e. The van der Waals surface area contributed by atoms with Crippen LogP contribution in [-0.2, 0) is 6.54 Å². The minimum atomic E-state index is 0.291. The Morgan fingerprint density at radius 3 is 2.81 bits per heavy atom. The van der Waals surface area contributed by atoms with Gasteiger partial charge in [-0.3, -0.25) is 0 Å². The Bertz CT molecular complexity index is 462. The molecule has 3 heteroatoms. The predicted octanol–water partition coefficient (Wildman–Crippen LogP) is 2.39. The minimum Gasteiger partial charge on any atom is -0.398 e. The van der Waals surface area contributed by atoms with Gasteiger partial charge in [0.15, 0.2) is 0 Å². The Balaban J connectivity index is 2.10. The highest BCUT2D eigenvalue weighted by Crippen LogP contribution is 2.22. The van der Waals surface area contributed by atoms with Crippen molar-refractivity contribution in [1.82, 2.24) is 4.57 Å². The highest BCUT2D eigenvalue weighted by molar-refractivity contribution is 5.91. The number of benzene rings is 1. The molecule has 1 aromatic carbocycles. The summed E-state index contributed by atoms with van der Waals surface area (Å²) in [7, 11) is 0. The zero-order valence-corrected chi connectivity index (χ0v) is 9.39. The number of aliphatic hydroxyl groups is 1. The highest BCUT2D eigenvalue weighted by Gasteiger charge is 2.02. The van der Waals surface area contributed by atoms with Gasteiger partial charge in [-0.25, -0.2) is 0 Å². The lowest BCUT2D eigenvalue weighted by atomic mass is 10.2. The highest BCUT2D eigenvalue weighted by atomic mass is 16.2. The van der Waals surface area contributed by atoms with Gasteiger partial charge in [-0.15, -0.1) is 0 Å². The van der Waals surface area contributed by atoms with Crippen LogP contribution in [0.15, 0.2) is 30.5 Å². The second-order valence-corrected chi connectivity index (χ2v) is 4.07. The normalized spacial score (nSPS) is 11.1. The summed E-state index contributed by atoms with van der Waals surface area (Å²) in [4.78, 5) is 0. The van der Waals surface area contributed by atoms with Crippen LogP contribution in [-0.4, -0.2) is 16.3 Å². The maximum Gasteiger partial charge on any atom is 0.0501 e. The van der Waals surface area contributed by atoms with Gasteiger partial charge in [-0.1, -0.05) is 6.07 Å². The van der Waals surface area contributed by atoms with E-state index in [2.05, 4.69) is 22.9 Å². The summed E-state index contributed by atoms with van der Waals surface area (Å²) in [5.74, 6) is 0. The molecule has 2 rings (SSSR count). The van der Waals surface area contributed by atoms with Gasteiger partial charge in [0.2, 0.25) is 0 Å². The van der Waals surface area contributed by atoms with Gasteiger partial charge in [0.1, 0.15) is 0 Å². The second kappa shape index (κ2) is 5.03. The van der Waals surface area contributed by atoms with E-state index in [-0.39, 0.29) is 0 Å². The number of nitrogens with two attached hydrogens (primary N) is 1. The van der Waals surface area contributed by atoms with Crippen LogP contribution >= 0.6 is 0 Å². The summed E-state index contributed by atoms with van der Waals surface area (Å²) in [5.41, 5.74) is 7.94. The van der Waals surface area contributed by atoms with Crippen molar-refractivity contribution < 1.29 is 5.11 Å². The van der Waals surface area contributed by atoms with Crippen LogP contribution in [0.5, 0.6) is 0 Å². The van der Waals surface area contributed by atoms with Crippen LogP contribution in [0.3, 0.4) is 0 Å². The lowest BCUT2D eigenvalue weighted by Gasteiger charge is -2.05. The number of aryl methyl sites for hydroxylation is 1. The Hall–Kier alpha value is -1.48. The number of hydrogen-bond donors (Lipinski definition) is 2. The average molecular weight is 218 g/mol. The average Bonchev–Trinajstić information content (AvgIpc) is 2.70. The van der Waals surface area contributed by atoms with Crippen molar-refractivity contribution in [2.75, 3.05) is 12.3 Å². The lowest BCUT2D eigenvalue weighted by molar-refractivity contribution is 0.282. The molecular formula is C13H18N2O. The Kier molecular flexibility index (Phi) is 3.47. The van der Waals surface area contributed by atoms with Crippen molar-refractivity contribution in [1.29, 1.82) is 0 Å². The van der Waals surface area contributed by atoms with E-state index in [0.717, 1.165) is 36.9 Å². The molecule has 0 atom stereocenters. The number of nitrogens with zero attached hydrogens (tertiary/aromatic N) is 1. The summed E-state index contributed by atoms with van der Waals surface area (Å²) < 4.78 is 2.23. The van der Waals surface area contributed by atoms with E-state index in [9.17, 15) is 0 Å². The van der Waals surface area contributed by atoms with Crippen LogP contribution in [0.25, 0.3) is 10.9 Å². The van der Waals surface area contributed by atoms with Crippen molar-refractivity contribution in [3.8, 4) is 0 Å². The summed E-state index contributed by atoms with van der Waals surface area (Å²) in [6.45, 7) is 1.28. The van der Waals surface area contributed by atoms with Gasteiger partial charge < -0.3 is 15.4 Å². The molecule has 0 aliphatic heterocycles. The van der Waals surface area contributed by atoms with Gasteiger partial charge in [-0.05, 0) is 37.5 Å². The molecule has 0 aliphatic carbocycles. The van der Waals surface area contributed by atoms with E-state index >= 15 is 0 Å². The van der Waals surface area contributed by atoms with Gasteiger partial charge in [0, 0.05) is 30.4 Å². The van der Waals surface area contributed by atoms with Crippen molar-refractivity contribution in [3.63, 3.8) is 0 Å². The molecule has 0 fully saturated rings. The molecule has 3 N–H and O–H groups in total. The third-order valence-corrected chi connectivity index (χ3v) is 2.90. The molecule has 0 unspecified atom stereocenters. The monoisotopic (exact) mass is 218 g/mol. The fraction of sp³-hybridized carbons (Fsp3) is 0.385. The van der Waals surface area contributed by atoms with Gasteiger partial charge in [0.05, 0.1) is 5.52 Å². The van der Waals surface area contributed by atoms with E-state index in [4.69, 9.17) is 10.8 Å². The van der Waals surface area contributed by atoms with E-state index in [0.29, 0.717) is 6.61 Å². The fourth-order valence-corrected chi connectivity index (χ4v) is 2.01. The van der Waals surface area contributed by atoms with Crippen LogP contribution in [0.2, 0.25) is 0 Å². The largest absolute Gasteiger partial charge is 0.398 e. The number of rotatable bonds is 5. The second-order valence-electron chi connectivity index (χ2n) is 4.07. The molecule has 0 amide bonds. The zero-order chi connectivity index (χ0) is 11.4. The summed E-state index contributed by atoms with van der Waals surface area (Å²) in [6.07, 6.45) is 5.14. The number of unbranched alkanes of at least 4 members (excludes halogenated alkanes) is 2. The van der Waals surface area contributed by atoms with Gasteiger partial charge >= 0.3 is 0 Å². The van der Waals surface area contributed by atoms with Crippen molar-refractivity contribution >= 4 is 16.6 Å². The molecule has 0 saturated heterocycles. The van der Waals surface area contributed by atoms with Crippen molar-refractivity contribution in [2.24, 2.45) is 0 Å². The van der Waals surface area contributed by atoms with Crippen LogP contribution in [0, 0.1) is 0 Å². The number of fused-ring (bicyclic) bond motifs is 1. The summed E-state index contributed by atoms with van der Waals surface area (Å²) in [5, 5.41) is 9.84. The number of anilines is 1. The van der Waals surface area contributed by atoms with Gasteiger partial charge in [-0.2, -0.15) is 0 Å². The maximum absolute atomic E-state index is 8.71. The fourth-order valence-electron chi connectivity index (χ4n) is 2.01. The minimum absolute atomic E-state index is 0.291. The predicted molar refractivity (Wildman–Crippen MR) is 67.3 cm³/mol. The zero-order valence-electron chi connectivity index (χ0n) is 9.39. The first kappa shape index (κ1) is 11.0. The lowest BCUT2D eigenvalue weighted by Crippen LogP contribution is -1.97. The van der Waals surface area contributed by atoms with E-state index in [1.807, 2.05) is 12.1 Å². The molecule has 1 aromatic heterocycles. The number of hydrogen-bond acceptors (Lipinski definition) is 2. The molecular weight excluding hydrogens is 200 g/mol. The van der Waals surface area contributed by atoms with E-state index in [1.54, 1.807) is 0 Å². The molecule has 2 aromatic rings. The standard InChI is InChI=1S/C13H18N2O/c14-12-5-4-6-13-11(12)7-9-15(13)8-2-1-3-10-16/h4-7,9,16H,1-3,8,10,14H2. The Labute approximate surface area is 95.5 Å². The van der Waals surface area contributed by atoms with Crippen LogP contribution < -0.4 is 5.73 Å². The first-order valence-electron chi connectivity index (χ1n) is 5.77. The molecule has 1 heterocycles. The maximum atomic E-state index is 8.71. The molecule has 3 nitrogen and oxygen atoms in total. The van der Waals surface area contributed by atoms with Gasteiger partial charge in [0.25, 0.3) is 0 Å². The molecule has 0 saturated carbocycles. The third-order valence-electron chi connectivity index (χ3n) is 2.90. The summed E-state index contributed by atoms with van der Waals surface area (Å²) in [6, 6.07) is 8.08. The van der Waals surface area contributed by atoms with E-state index in [1.165, 1.54) is 5.52 Å². The van der Waals surface area contributed by atoms with Crippen LogP contribution in [0.1, 0.15) is 19.3 Å². The van der Waals surface area contributed by atoms with Crippen molar-refractivity contribution in [2.45, 2.75) is 25.8 Å². The first-order valence-corrected chi connectivity index (χ1v) is 5.77. The van der Waals surface area contributed by atoms with Crippen LogP contribution in [0.4, 0.5) is 5.69 Å². The van der Waals surface area contributed by atoms with E-state index < -0.39 is 0 Å². The number of nitrogen functional groups attached to an aromatic ring is 1. The number of aromatic nitrogens is 1. The summed E-state index contributed by atoms with van der Waals surface area (Å²) >= 11 is 0. The third kappa shape index (κ3) is 2.19. The molecule has 16 heavy (non-hydrogen) atoms. The molecule has 0 bridgehead atoms. The number of aliphatic hydroxyl groups excluding tert-OH is 1. The molecule has 0 aliphatic rings. The van der Waals surface area contributed by atoms with Crippen molar-refractivity contribution in [3.05, 3.63) is 30.5 Å². The quantitative estimate of drug-likeness (QED) is 0.598. The molecule has 0 spiro atoms. The molecule has 86 valence electrons. The SMILES string of the molecule is Nc1cccc2c1ccn2CCCCCO. The topological polar surface area (TPSA) is 51.2 Å².